The third-order valence-electron chi connectivity index (χ3n) is 5.14. The predicted octanol–water partition coefficient (Wildman–Crippen LogP) is 3.97. The number of carbonyl (C=O) groups is 1. The summed E-state index contributed by atoms with van der Waals surface area (Å²) in [5.74, 6) is 0.289. The molecule has 0 fully saturated rings. The molecule has 164 valence electrons. The summed E-state index contributed by atoms with van der Waals surface area (Å²) >= 11 is 0. The summed E-state index contributed by atoms with van der Waals surface area (Å²) in [5.41, 5.74) is 7.63. The van der Waals surface area contributed by atoms with Gasteiger partial charge in [-0.1, -0.05) is 36.4 Å². The third kappa shape index (κ3) is 5.92. The van der Waals surface area contributed by atoms with Crippen LogP contribution in [0, 0.1) is 0 Å². The van der Waals surface area contributed by atoms with Crippen LogP contribution in [0.2, 0.25) is 0 Å². The number of hydrogen-bond donors (Lipinski definition) is 1. The average Bonchev–Trinajstić information content (AvgIpc) is 3.29. The van der Waals surface area contributed by atoms with Crippen molar-refractivity contribution in [1.29, 1.82) is 0 Å². The number of carbonyl (C=O) groups excluding carboxylic acids is 1. The number of pyridine rings is 1. The fourth-order valence-electron chi connectivity index (χ4n) is 3.48. The molecule has 0 aliphatic rings. The Morgan fingerprint density at radius 3 is 2.75 bits per heavy atom. The number of hydrogen-bond acceptors (Lipinski definition) is 5. The summed E-state index contributed by atoms with van der Waals surface area (Å²) in [4.78, 5) is 19.7. The highest BCUT2D eigenvalue weighted by molar-refractivity contribution is 5.90. The molecule has 7 heteroatoms. The van der Waals surface area contributed by atoms with Crippen LogP contribution in [0.15, 0.2) is 79.4 Å². The van der Waals surface area contributed by atoms with E-state index in [1.807, 2.05) is 65.2 Å². The minimum atomic E-state index is -0.538. The molecule has 0 aliphatic carbocycles. The summed E-state index contributed by atoms with van der Waals surface area (Å²) in [5, 5.41) is 1.06. The molecule has 0 unspecified atom stereocenters. The summed E-state index contributed by atoms with van der Waals surface area (Å²) in [6.07, 6.45) is 6.60. The Morgan fingerprint density at radius 1 is 1.06 bits per heavy atom. The van der Waals surface area contributed by atoms with Gasteiger partial charge in [-0.05, 0) is 42.7 Å². The van der Waals surface area contributed by atoms with Crippen LogP contribution in [0.25, 0.3) is 10.9 Å². The van der Waals surface area contributed by atoms with Crippen LogP contribution in [-0.2, 0) is 17.9 Å². The lowest BCUT2D eigenvalue weighted by molar-refractivity contribution is 0.0203. The van der Waals surface area contributed by atoms with E-state index < -0.39 is 5.91 Å². The Kier molecular flexibility index (Phi) is 7.09. The van der Waals surface area contributed by atoms with Gasteiger partial charge in [-0.25, -0.2) is 4.98 Å². The van der Waals surface area contributed by atoms with Crippen LogP contribution >= 0.6 is 0 Å². The van der Waals surface area contributed by atoms with Gasteiger partial charge in [0.2, 0.25) is 0 Å². The summed E-state index contributed by atoms with van der Waals surface area (Å²) in [7, 11) is 0. The number of rotatable bonds is 11. The highest BCUT2D eigenvalue weighted by Gasteiger charge is 2.13. The van der Waals surface area contributed by atoms with Crippen LogP contribution in [0.4, 0.5) is 0 Å². The lowest BCUT2D eigenvalue weighted by atomic mass is 10.2. The van der Waals surface area contributed by atoms with Crippen LogP contribution in [-0.4, -0.2) is 33.2 Å². The van der Waals surface area contributed by atoms with Gasteiger partial charge in [-0.15, -0.1) is 0 Å². The maximum absolute atomic E-state index is 11.3. The fourth-order valence-corrected chi connectivity index (χ4v) is 3.48. The molecule has 2 aromatic carbocycles. The van der Waals surface area contributed by atoms with E-state index in [1.165, 1.54) is 0 Å². The quantitative estimate of drug-likeness (QED) is 0.364. The number of benzene rings is 2. The lowest BCUT2D eigenvalue weighted by Crippen LogP contribution is -2.21. The third-order valence-corrected chi connectivity index (χ3v) is 5.14. The second-order valence-corrected chi connectivity index (χ2v) is 7.59. The molecule has 0 aliphatic heterocycles. The number of amides is 1. The second-order valence-electron chi connectivity index (χ2n) is 7.59. The standard InChI is InChI=1S/C25H26N4O3/c26-25(30)24-16-29(18-28-24)15-22(32-17-19-6-2-1-3-7-19)9-5-13-31-21-10-11-23-20(14-21)8-4-12-27-23/h1-4,6-8,10-12,14,16,18,22H,5,9,13,15,17H2,(H2,26,30)/t22-/m0/s1. The average molecular weight is 431 g/mol. The van der Waals surface area contributed by atoms with Crippen molar-refractivity contribution in [2.75, 3.05) is 6.61 Å². The zero-order chi connectivity index (χ0) is 22.2. The molecule has 4 aromatic rings. The van der Waals surface area contributed by atoms with Crippen molar-refractivity contribution in [2.45, 2.75) is 32.1 Å². The minimum absolute atomic E-state index is 0.0606. The van der Waals surface area contributed by atoms with E-state index in [2.05, 4.69) is 9.97 Å². The molecule has 1 amide bonds. The van der Waals surface area contributed by atoms with Crippen LogP contribution in [0.1, 0.15) is 28.9 Å². The van der Waals surface area contributed by atoms with Gasteiger partial charge in [0.05, 0.1) is 31.2 Å². The highest BCUT2D eigenvalue weighted by Crippen LogP contribution is 2.19. The molecule has 0 saturated carbocycles. The molecule has 7 nitrogen and oxygen atoms in total. The highest BCUT2D eigenvalue weighted by atomic mass is 16.5. The SMILES string of the molecule is NC(=O)c1cn(C[C@H](CCCOc2ccc3ncccc3c2)OCc2ccccc2)cn1. The van der Waals surface area contributed by atoms with Crippen LogP contribution in [0.5, 0.6) is 5.75 Å². The Hall–Kier alpha value is -3.71. The fraction of sp³-hybridized carbons (Fsp3) is 0.240. The number of aromatic nitrogens is 3. The van der Waals surface area contributed by atoms with E-state index in [4.69, 9.17) is 15.2 Å². The minimum Gasteiger partial charge on any atom is -0.494 e. The summed E-state index contributed by atoms with van der Waals surface area (Å²) in [6.45, 7) is 1.67. The van der Waals surface area contributed by atoms with Gasteiger partial charge in [0, 0.05) is 24.3 Å². The number of fused-ring (bicyclic) bond motifs is 1. The Bertz CT molecular complexity index is 1160. The molecule has 32 heavy (non-hydrogen) atoms. The van der Waals surface area contributed by atoms with Crippen molar-refractivity contribution >= 4 is 16.8 Å². The van der Waals surface area contributed by atoms with E-state index in [0.29, 0.717) is 19.8 Å². The number of imidazole rings is 1. The van der Waals surface area contributed by atoms with E-state index in [0.717, 1.165) is 35.1 Å². The molecular formula is C25H26N4O3. The van der Waals surface area contributed by atoms with Crippen molar-refractivity contribution in [3.8, 4) is 5.75 Å². The number of nitrogens with zero attached hydrogens (tertiary/aromatic N) is 3. The Morgan fingerprint density at radius 2 is 1.94 bits per heavy atom. The molecule has 0 saturated heterocycles. The molecule has 0 bridgehead atoms. The predicted molar refractivity (Wildman–Crippen MR) is 122 cm³/mol. The molecule has 2 aromatic heterocycles. The first kappa shape index (κ1) is 21.5. The zero-order valence-electron chi connectivity index (χ0n) is 17.8. The van der Waals surface area contributed by atoms with E-state index in [1.54, 1.807) is 18.7 Å². The molecular weight excluding hydrogens is 404 g/mol. The number of ether oxygens (including phenoxy) is 2. The summed E-state index contributed by atoms with van der Waals surface area (Å²) < 4.78 is 14.0. The first-order chi connectivity index (χ1) is 15.7. The monoisotopic (exact) mass is 430 g/mol. The molecule has 1 atom stereocenters. The maximum Gasteiger partial charge on any atom is 0.268 e. The normalized spacial score (nSPS) is 12.0. The molecule has 2 N–H and O–H groups in total. The first-order valence-electron chi connectivity index (χ1n) is 10.6. The lowest BCUT2D eigenvalue weighted by Gasteiger charge is -2.19. The van der Waals surface area contributed by atoms with Gasteiger partial charge in [-0.2, -0.15) is 0 Å². The van der Waals surface area contributed by atoms with Crippen molar-refractivity contribution in [3.63, 3.8) is 0 Å². The van der Waals surface area contributed by atoms with Crippen molar-refractivity contribution in [3.05, 3.63) is 90.6 Å². The van der Waals surface area contributed by atoms with Crippen LogP contribution in [0.3, 0.4) is 0 Å². The van der Waals surface area contributed by atoms with Crippen molar-refractivity contribution in [2.24, 2.45) is 5.73 Å². The number of primary amides is 1. The van der Waals surface area contributed by atoms with Gasteiger partial charge in [0.15, 0.2) is 0 Å². The zero-order valence-corrected chi connectivity index (χ0v) is 17.8. The largest absolute Gasteiger partial charge is 0.494 e. The Labute approximate surface area is 186 Å². The second kappa shape index (κ2) is 10.5. The maximum atomic E-state index is 11.3. The topological polar surface area (TPSA) is 92.3 Å². The van der Waals surface area contributed by atoms with E-state index in [9.17, 15) is 4.79 Å². The van der Waals surface area contributed by atoms with Gasteiger partial charge in [0.1, 0.15) is 11.4 Å². The van der Waals surface area contributed by atoms with E-state index >= 15 is 0 Å². The molecule has 0 radical (unpaired) electrons. The molecule has 2 heterocycles. The van der Waals surface area contributed by atoms with E-state index in [-0.39, 0.29) is 11.8 Å². The van der Waals surface area contributed by atoms with Gasteiger partial charge in [-0.3, -0.25) is 9.78 Å². The molecule has 4 rings (SSSR count). The van der Waals surface area contributed by atoms with Crippen molar-refractivity contribution < 1.29 is 14.3 Å². The van der Waals surface area contributed by atoms with Crippen LogP contribution < -0.4 is 10.5 Å². The summed E-state index contributed by atoms with van der Waals surface area (Å²) in [6, 6.07) is 19.9. The Balaban J connectivity index is 1.33. The smallest absolute Gasteiger partial charge is 0.268 e. The molecule has 0 spiro atoms. The number of nitrogens with two attached hydrogens (primary N) is 1. The van der Waals surface area contributed by atoms with Gasteiger partial charge in [0.25, 0.3) is 5.91 Å². The van der Waals surface area contributed by atoms with Gasteiger partial charge < -0.3 is 19.8 Å². The first-order valence-corrected chi connectivity index (χ1v) is 10.6. The van der Waals surface area contributed by atoms with Crippen molar-refractivity contribution in [1.82, 2.24) is 14.5 Å². The van der Waals surface area contributed by atoms with Gasteiger partial charge >= 0.3 is 0 Å².